The molecule has 0 radical (unpaired) electrons. The van der Waals surface area contributed by atoms with E-state index in [1.807, 2.05) is 6.92 Å². The Kier molecular flexibility index (Phi) is 5.70. The van der Waals surface area contributed by atoms with Gasteiger partial charge in [-0.2, -0.15) is 0 Å². The van der Waals surface area contributed by atoms with E-state index in [0.717, 1.165) is 18.8 Å². The summed E-state index contributed by atoms with van der Waals surface area (Å²) in [5.74, 6) is 0.794. The van der Waals surface area contributed by atoms with Crippen LogP contribution in [0, 0.1) is 11.8 Å². The minimum Gasteiger partial charge on any atom is -0.466 e. The smallest absolute Gasteiger partial charge is 0.309 e. The molecule has 0 amide bonds. The lowest BCUT2D eigenvalue weighted by atomic mass is 9.89. The first-order valence-corrected chi connectivity index (χ1v) is 8.47. The number of hydrogen-bond acceptors (Lipinski definition) is 3. The first-order chi connectivity index (χ1) is 9.10. The third-order valence-corrected chi connectivity index (χ3v) is 5.34. The highest BCUT2D eigenvalue weighted by Crippen LogP contribution is 2.37. The van der Waals surface area contributed by atoms with E-state index in [2.05, 4.69) is 22.9 Å². The van der Waals surface area contributed by atoms with Gasteiger partial charge in [0.2, 0.25) is 0 Å². The summed E-state index contributed by atoms with van der Waals surface area (Å²) < 4.78 is 11.3. The number of rotatable bonds is 4. The standard InChI is InChI=1S/C15H25BrO3/c1-3-18-15(17)11-8-13(16)14(9-11)19-12-6-4-10(2)5-7-12/h10-14H,3-9H2,1-2H3. The van der Waals surface area contributed by atoms with Gasteiger partial charge >= 0.3 is 5.97 Å². The molecular formula is C15H25BrO3. The maximum Gasteiger partial charge on any atom is 0.309 e. The van der Waals surface area contributed by atoms with Gasteiger partial charge in [-0.15, -0.1) is 0 Å². The van der Waals surface area contributed by atoms with Gasteiger partial charge in [0, 0.05) is 4.83 Å². The number of hydrogen-bond donors (Lipinski definition) is 0. The molecule has 0 bridgehead atoms. The average molecular weight is 333 g/mol. The van der Waals surface area contributed by atoms with Crippen molar-refractivity contribution in [1.29, 1.82) is 0 Å². The van der Waals surface area contributed by atoms with E-state index >= 15 is 0 Å². The zero-order valence-electron chi connectivity index (χ0n) is 11.9. The SMILES string of the molecule is CCOC(=O)C1CC(Br)C(OC2CCC(C)CC2)C1. The molecule has 0 spiro atoms. The molecule has 3 atom stereocenters. The van der Waals surface area contributed by atoms with Crippen LogP contribution in [0.15, 0.2) is 0 Å². The van der Waals surface area contributed by atoms with Crippen LogP contribution in [0.3, 0.4) is 0 Å². The monoisotopic (exact) mass is 332 g/mol. The Hall–Kier alpha value is -0.0900. The van der Waals surface area contributed by atoms with Crippen LogP contribution in [0.4, 0.5) is 0 Å². The lowest BCUT2D eigenvalue weighted by molar-refractivity contribution is -0.148. The van der Waals surface area contributed by atoms with E-state index in [1.54, 1.807) is 0 Å². The van der Waals surface area contributed by atoms with E-state index in [0.29, 0.717) is 17.5 Å². The fraction of sp³-hybridized carbons (Fsp3) is 0.933. The third kappa shape index (κ3) is 4.19. The largest absolute Gasteiger partial charge is 0.466 e. The van der Waals surface area contributed by atoms with Crippen LogP contribution < -0.4 is 0 Å². The molecule has 0 aromatic rings. The highest BCUT2D eigenvalue weighted by Gasteiger charge is 2.39. The van der Waals surface area contributed by atoms with Crippen LogP contribution in [0.25, 0.3) is 0 Å². The first-order valence-electron chi connectivity index (χ1n) is 7.56. The number of carbonyl (C=O) groups is 1. The molecule has 0 aliphatic heterocycles. The average Bonchev–Trinajstić information content (AvgIpc) is 2.74. The van der Waals surface area contributed by atoms with Crippen LogP contribution in [0.1, 0.15) is 52.4 Å². The second-order valence-corrected chi connectivity index (χ2v) is 7.17. The minimum absolute atomic E-state index is 0.0110. The summed E-state index contributed by atoms with van der Waals surface area (Å²) in [6, 6.07) is 0. The van der Waals surface area contributed by atoms with Gasteiger partial charge < -0.3 is 9.47 Å². The molecule has 4 heteroatoms. The molecule has 2 saturated carbocycles. The molecule has 19 heavy (non-hydrogen) atoms. The van der Waals surface area contributed by atoms with Crippen molar-refractivity contribution < 1.29 is 14.3 Å². The van der Waals surface area contributed by atoms with Crippen LogP contribution in [0.2, 0.25) is 0 Å². The van der Waals surface area contributed by atoms with Crippen molar-refractivity contribution >= 4 is 21.9 Å². The zero-order valence-corrected chi connectivity index (χ0v) is 13.5. The Morgan fingerprint density at radius 1 is 1.21 bits per heavy atom. The lowest BCUT2D eigenvalue weighted by Crippen LogP contribution is -2.28. The van der Waals surface area contributed by atoms with Crippen molar-refractivity contribution in [2.45, 2.75) is 69.4 Å². The third-order valence-electron chi connectivity index (χ3n) is 4.38. The molecular weight excluding hydrogens is 308 g/mol. The molecule has 0 N–H and O–H groups in total. The molecule has 0 heterocycles. The lowest BCUT2D eigenvalue weighted by Gasteiger charge is -2.29. The Morgan fingerprint density at radius 3 is 2.53 bits per heavy atom. The summed E-state index contributed by atoms with van der Waals surface area (Å²) in [6.07, 6.45) is 7.09. The maximum absolute atomic E-state index is 11.8. The summed E-state index contributed by atoms with van der Waals surface area (Å²) in [4.78, 5) is 12.1. The van der Waals surface area contributed by atoms with Crippen molar-refractivity contribution in [2.75, 3.05) is 6.61 Å². The summed E-state index contributed by atoms with van der Waals surface area (Å²) >= 11 is 3.67. The topological polar surface area (TPSA) is 35.5 Å². The Balaban J connectivity index is 1.79. The Morgan fingerprint density at radius 2 is 1.89 bits per heavy atom. The quantitative estimate of drug-likeness (QED) is 0.581. The number of halogens is 1. The molecule has 2 fully saturated rings. The van der Waals surface area contributed by atoms with E-state index in [-0.39, 0.29) is 18.0 Å². The van der Waals surface area contributed by atoms with Gasteiger partial charge in [-0.3, -0.25) is 4.79 Å². The molecule has 110 valence electrons. The normalized spacial score (nSPS) is 39.2. The van der Waals surface area contributed by atoms with E-state index in [9.17, 15) is 4.79 Å². The van der Waals surface area contributed by atoms with Crippen LogP contribution >= 0.6 is 15.9 Å². The second kappa shape index (κ2) is 7.07. The van der Waals surface area contributed by atoms with E-state index < -0.39 is 0 Å². The Labute approximate surface area is 124 Å². The summed E-state index contributed by atoms with van der Waals surface area (Å²) in [7, 11) is 0. The van der Waals surface area contributed by atoms with Gasteiger partial charge in [-0.25, -0.2) is 0 Å². The molecule has 2 rings (SSSR count). The second-order valence-electron chi connectivity index (χ2n) is 5.99. The van der Waals surface area contributed by atoms with Gasteiger partial charge in [0.25, 0.3) is 0 Å². The molecule has 2 aliphatic rings. The van der Waals surface area contributed by atoms with Crippen molar-refractivity contribution in [2.24, 2.45) is 11.8 Å². The highest BCUT2D eigenvalue weighted by atomic mass is 79.9. The molecule has 2 aliphatic carbocycles. The van der Waals surface area contributed by atoms with Crippen LogP contribution in [0.5, 0.6) is 0 Å². The maximum atomic E-state index is 11.8. The predicted octanol–water partition coefficient (Wildman–Crippen LogP) is 3.69. The number of alkyl halides is 1. The molecule has 0 saturated heterocycles. The fourth-order valence-electron chi connectivity index (χ4n) is 3.15. The number of ether oxygens (including phenoxy) is 2. The minimum atomic E-state index is -0.0599. The summed E-state index contributed by atoms with van der Waals surface area (Å²) in [5.41, 5.74) is 0. The van der Waals surface area contributed by atoms with Crippen molar-refractivity contribution in [3.8, 4) is 0 Å². The highest BCUT2D eigenvalue weighted by molar-refractivity contribution is 9.09. The molecule has 3 nitrogen and oxygen atoms in total. The molecule has 0 aromatic heterocycles. The van der Waals surface area contributed by atoms with Gasteiger partial charge in [0.05, 0.1) is 24.7 Å². The summed E-state index contributed by atoms with van der Waals surface area (Å²) in [5, 5.41) is 0. The van der Waals surface area contributed by atoms with Gasteiger partial charge in [-0.1, -0.05) is 22.9 Å². The fourth-order valence-corrected chi connectivity index (χ4v) is 3.95. The first kappa shape index (κ1) is 15.3. The predicted molar refractivity (Wildman–Crippen MR) is 78.4 cm³/mol. The number of esters is 1. The van der Waals surface area contributed by atoms with Crippen molar-refractivity contribution in [3.63, 3.8) is 0 Å². The molecule has 3 unspecified atom stereocenters. The number of carbonyl (C=O) groups excluding carboxylic acids is 1. The van der Waals surface area contributed by atoms with Gasteiger partial charge in [0.15, 0.2) is 0 Å². The molecule has 0 aromatic carbocycles. The van der Waals surface area contributed by atoms with Gasteiger partial charge in [-0.05, 0) is 51.4 Å². The Bertz CT molecular complexity index is 300. The van der Waals surface area contributed by atoms with E-state index in [4.69, 9.17) is 9.47 Å². The summed E-state index contributed by atoms with van der Waals surface area (Å²) in [6.45, 7) is 4.64. The van der Waals surface area contributed by atoms with Crippen LogP contribution in [-0.2, 0) is 14.3 Å². The van der Waals surface area contributed by atoms with E-state index in [1.165, 1.54) is 25.7 Å². The van der Waals surface area contributed by atoms with Crippen molar-refractivity contribution in [1.82, 2.24) is 0 Å². The zero-order chi connectivity index (χ0) is 13.8. The van der Waals surface area contributed by atoms with Gasteiger partial charge in [0.1, 0.15) is 0 Å². The van der Waals surface area contributed by atoms with Crippen molar-refractivity contribution in [3.05, 3.63) is 0 Å². The van der Waals surface area contributed by atoms with Crippen LogP contribution in [-0.4, -0.2) is 29.6 Å².